The summed E-state index contributed by atoms with van der Waals surface area (Å²) < 4.78 is 25.0. The van der Waals surface area contributed by atoms with Crippen molar-refractivity contribution in [3.63, 3.8) is 0 Å². The molecule has 1 aliphatic heterocycles. The molecule has 4 unspecified atom stereocenters. The summed E-state index contributed by atoms with van der Waals surface area (Å²) in [4.78, 5) is 0.483. The highest BCUT2D eigenvalue weighted by Gasteiger charge is 2.46. The van der Waals surface area contributed by atoms with E-state index in [1.807, 2.05) is 6.92 Å². The van der Waals surface area contributed by atoms with Crippen LogP contribution in [0, 0.1) is 17.8 Å². The topological polar surface area (TPSA) is 34.1 Å². The van der Waals surface area contributed by atoms with Crippen LogP contribution < -0.4 is 0 Å². The van der Waals surface area contributed by atoms with E-state index in [1.54, 1.807) is 19.9 Å². The van der Waals surface area contributed by atoms with Crippen LogP contribution in [0.15, 0.2) is 46.4 Å². The number of rotatable bonds is 0. The van der Waals surface area contributed by atoms with Crippen LogP contribution in [0.3, 0.4) is 0 Å². The molecule has 0 spiro atoms. The summed E-state index contributed by atoms with van der Waals surface area (Å²) in [5.41, 5.74) is 4.02. The molecule has 3 heteroatoms. The van der Waals surface area contributed by atoms with E-state index >= 15 is 0 Å². The molecule has 1 aliphatic carbocycles. The third-order valence-corrected chi connectivity index (χ3v) is 7.70. The molecule has 0 aromatic heterocycles. The van der Waals surface area contributed by atoms with Crippen LogP contribution in [-0.2, 0) is 9.84 Å². The molecular weight excluding hydrogens is 268 g/mol. The fraction of sp³-hybridized carbons (Fsp3) is 0.529. The average Bonchev–Trinajstić information content (AvgIpc) is 2.68. The molecule has 0 bridgehead atoms. The van der Waals surface area contributed by atoms with Gasteiger partial charge in [-0.2, -0.15) is 0 Å². The second-order valence-electron chi connectivity index (χ2n) is 6.11. The lowest BCUT2D eigenvalue weighted by Gasteiger charge is -2.13. The van der Waals surface area contributed by atoms with Crippen LogP contribution in [0.5, 0.6) is 0 Å². The number of hydrogen-bond acceptors (Lipinski definition) is 2. The predicted molar refractivity (Wildman–Crippen MR) is 84.9 cm³/mol. The van der Waals surface area contributed by atoms with Gasteiger partial charge in [-0.3, -0.25) is 0 Å². The van der Waals surface area contributed by atoms with Gasteiger partial charge in [0.1, 0.15) is 0 Å². The van der Waals surface area contributed by atoms with Crippen LogP contribution in [0.4, 0.5) is 0 Å². The highest BCUT2D eigenvalue weighted by molar-refractivity contribution is 7.96. The molecule has 2 aliphatic rings. The van der Waals surface area contributed by atoms with Crippen molar-refractivity contribution in [1.29, 1.82) is 0 Å². The van der Waals surface area contributed by atoms with Gasteiger partial charge in [0.25, 0.3) is 0 Å². The summed E-state index contributed by atoms with van der Waals surface area (Å²) in [6.45, 7) is 18.3. The van der Waals surface area contributed by atoms with Gasteiger partial charge in [0.05, 0.1) is 10.2 Å². The van der Waals surface area contributed by atoms with Crippen LogP contribution in [0.1, 0.15) is 34.6 Å². The third kappa shape index (κ3) is 1.79. The van der Waals surface area contributed by atoms with Gasteiger partial charge in [-0.25, -0.2) is 8.42 Å². The Morgan fingerprint density at radius 2 is 1.40 bits per heavy atom. The molecule has 20 heavy (non-hydrogen) atoms. The molecule has 110 valence electrons. The Bertz CT molecular complexity index is 624. The fourth-order valence-corrected chi connectivity index (χ4v) is 5.36. The second kappa shape index (κ2) is 4.73. The molecule has 1 saturated carbocycles. The maximum Gasteiger partial charge on any atom is 0.181 e. The first-order chi connectivity index (χ1) is 9.16. The standard InChI is InChI=1S/C17H24O2S/c1-8-15-17(13(6)14(7)20(15,18)19)16-11(4)9(2)10(3)12(16)5/h8-10,13-14H,4-5H2,1-3,6-7H3/b15-8-,17-16?. The van der Waals surface area contributed by atoms with Gasteiger partial charge in [0.15, 0.2) is 9.84 Å². The van der Waals surface area contributed by atoms with E-state index in [1.165, 1.54) is 0 Å². The molecule has 2 nitrogen and oxygen atoms in total. The Labute approximate surface area is 122 Å². The zero-order valence-corrected chi connectivity index (χ0v) is 13.8. The van der Waals surface area contributed by atoms with E-state index in [2.05, 4.69) is 27.0 Å². The van der Waals surface area contributed by atoms with E-state index in [0.717, 1.165) is 22.3 Å². The van der Waals surface area contributed by atoms with Crippen molar-refractivity contribution in [1.82, 2.24) is 0 Å². The second-order valence-corrected chi connectivity index (χ2v) is 8.38. The van der Waals surface area contributed by atoms with Crippen LogP contribution in [-0.4, -0.2) is 13.7 Å². The van der Waals surface area contributed by atoms with Gasteiger partial charge in [0, 0.05) is 0 Å². The number of allylic oxidation sites excluding steroid dienone is 5. The molecule has 0 aromatic carbocycles. The van der Waals surface area contributed by atoms with Crippen molar-refractivity contribution in [2.45, 2.75) is 39.9 Å². The van der Waals surface area contributed by atoms with Crippen molar-refractivity contribution in [3.8, 4) is 0 Å². The molecule has 2 rings (SSSR count). The van der Waals surface area contributed by atoms with Gasteiger partial charge in [-0.05, 0) is 53.9 Å². The molecule has 1 heterocycles. The molecule has 4 atom stereocenters. The van der Waals surface area contributed by atoms with Crippen molar-refractivity contribution >= 4 is 9.84 Å². The first-order valence-corrected chi connectivity index (χ1v) is 8.73. The molecule has 0 radical (unpaired) electrons. The van der Waals surface area contributed by atoms with E-state index in [4.69, 9.17) is 0 Å². The summed E-state index contributed by atoms with van der Waals surface area (Å²) >= 11 is 0. The minimum absolute atomic E-state index is 0.00722. The van der Waals surface area contributed by atoms with Crippen LogP contribution >= 0.6 is 0 Å². The number of hydrogen-bond donors (Lipinski definition) is 0. The fourth-order valence-electron chi connectivity index (χ4n) is 3.36. The zero-order valence-electron chi connectivity index (χ0n) is 13.0. The molecule has 1 saturated heterocycles. The van der Waals surface area contributed by atoms with E-state index in [0.29, 0.717) is 16.7 Å². The van der Waals surface area contributed by atoms with Gasteiger partial charge in [-0.15, -0.1) is 0 Å². The lowest BCUT2D eigenvalue weighted by molar-refractivity contribution is 0.560. The summed E-state index contributed by atoms with van der Waals surface area (Å²) in [5.74, 6) is 0.648. The normalized spacial score (nSPS) is 39.1. The quantitative estimate of drug-likeness (QED) is 0.675. The first kappa shape index (κ1) is 15.3. The van der Waals surface area contributed by atoms with Crippen molar-refractivity contribution < 1.29 is 8.42 Å². The minimum atomic E-state index is -3.21. The average molecular weight is 292 g/mol. The SMILES string of the molecule is C=C1C(=C2/C(=C/C)S(=O)(=O)C(C)C2C)C(=C)C(C)C1C. The Balaban J connectivity index is 2.77. The smallest absolute Gasteiger partial charge is 0.181 e. The maximum absolute atomic E-state index is 12.5. The van der Waals surface area contributed by atoms with E-state index < -0.39 is 9.84 Å². The van der Waals surface area contributed by atoms with Crippen molar-refractivity contribution in [2.24, 2.45) is 17.8 Å². The molecular formula is C17H24O2S. The summed E-state index contributed by atoms with van der Waals surface area (Å²) in [7, 11) is -3.21. The lowest BCUT2D eigenvalue weighted by Crippen LogP contribution is -2.15. The first-order valence-electron chi connectivity index (χ1n) is 7.19. The molecule has 0 N–H and O–H groups in total. The Morgan fingerprint density at radius 3 is 1.80 bits per heavy atom. The number of sulfone groups is 1. The summed E-state index contributed by atoms with van der Waals surface area (Å²) in [6.07, 6.45) is 1.73. The minimum Gasteiger partial charge on any atom is -0.223 e. The maximum atomic E-state index is 12.5. The lowest BCUT2D eigenvalue weighted by atomic mass is 9.89. The van der Waals surface area contributed by atoms with Gasteiger partial charge in [-0.1, -0.05) is 40.0 Å². The van der Waals surface area contributed by atoms with Crippen molar-refractivity contribution in [3.05, 3.63) is 46.4 Å². The van der Waals surface area contributed by atoms with Gasteiger partial charge in [0.2, 0.25) is 0 Å². The summed E-state index contributed by atoms with van der Waals surface area (Å²) in [5, 5.41) is -0.372. The Kier molecular flexibility index (Phi) is 3.62. The van der Waals surface area contributed by atoms with E-state index in [9.17, 15) is 8.42 Å². The monoisotopic (exact) mass is 292 g/mol. The predicted octanol–water partition coefficient (Wildman–Crippen LogP) is 4.04. The van der Waals surface area contributed by atoms with Crippen LogP contribution in [0.2, 0.25) is 0 Å². The van der Waals surface area contributed by atoms with Crippen molar-refractivity contribution in [2.75, 3.05) is 0 Å². The van der Waals surface area contributed by atoms with Crippen LogP contribution in [0.25, 0.3) is 0 Å². The highest BCUT2D eigenvalue weighted by Crippen LogP contribution is 2.51. The van der Waals surface area contributed by atoms with E-state index in [-0.39, 0.29) is 11.2 Å². The third-order valence-electron chi connectivity index (χ3n) is 5.24. The Morgan fingerprint density at radius 1 is 0.950 bits per heavy atom. The molecule has 0 amide bonds. The molecule has 0 aromatic rings. The summed E-state index contributed by atoms with van der Waals surface area (Å²) in [6, 6.07) is 0. The largest absolute Gasteiger partial charge is 0.223 e. The molecule has 2 fully saturated rings. The Hall–Kier alpha value is -1.09. The zero-order chi connectivity index (χ0) is 15.4. The van der Waals surface area contributed by atoms with Gasteiger partial charge < -0.3 is 0 Å². The van der Waals surface area contributed by atoms with Gasteiger partial charge >= 0.3 is 0 Å². The highest BCUT2D eigenvalue weighted by atomic mass is 32.2.